The Labute approximate surface area is 138 Å². The number of rotatable bonds is 4. The minimum Gasteiger partial charge on any atom is -0.507 e. The Morgan fingerprint density at radius 1 is 0.917 bits per heavy atom. The Bertz CT molecular complexity index is 891. The molecule has 0 saturated heterocycles. The van der Waals surface area contributed by atoms with Crippen LogP contribution in [0.1, 0.15) is 0 Å². The predicted molar refractivity (Wildman–Crippen MR) is 92.2 cm³/mol. The second-order valence-electron chi connectivity index (χ2n) is 5.21. The molecule has 5 nitrogen and oxygen atoms in total. The standard InChI is InChI=1S/C19H15NO4/c1-24-14-10-11-16(18(21)12-14)17-9-5-8-15(19(17)20(22)23)13-6-3-2-4-7-13/h2-12,21H,1H3. The van der Waals surface area contributed by atoms with Gasteiger partial charge in [-0.25, -0.2) is 0 Å². The van der Waals surface area contributed by atoms with Gasteiger partial charge < -0.3 is 9.84 Å². The highest BCUT2D eigenvalue weighted by atomic mass is 16.6. The average Bonchev–Trinajstić information content (AvgIpc) is 2.61. The van der Waals surface area contributed by atoms with Crippen LogP contribution in [0, 0.1) is 10.1 Å². The van der Waals surface area contributed by atoms with Crippen LogP contribution >= 0.6 is 0 Å². The van der Waals surface area contributed by atoms with Crippen LogP contribution in [0.5, 0.6) is 11.5 Å². The van der Waals surface area contributed by atoms with E-state index in [9.17, 15) is 15.2 Å². The van der Waals surface area contributed by atoms with Crippen molar-refractivity contribution in [2.24, 2.45) is 0 Å². The van der Waals surface area contributed by atoms with Crippen LogP contribution in [0.15, 0.2) is 66.7 Å². The van der Waals surface area contributed by atoms with Crippen LogP contribution < -0.4 is 4.74 Å². The smallest absolute Gasteiger partial charge is 0.285 e. The van der Waals surface area contributed by atoms with Crippen LogP contribution in [0.25, 0.3) is 22.3 Å². The van der Waals surface area contributed by atoms with Gasteiger partial charge in [0.15, 0.2) is 0 Å². The van der Waals surface area contributed by atoms with Crippen LogP contribution in [-0.2, 0) is 0 Å². The fourth-order valence-corrected chi connectivity index (χ4v) is 2.67. The molecule has 0 aliphatic heterocycles. The fourth-order valence-electron chi connectivity index (χ4n) is 2.67. The summed E-state index contributed by atoms with van der Waals surface area (Å²) in [7, 11) is 1.49. The van der Waals surface area contributed by atoms with Gasteiger partial charge in [0.25, 0.3) is 5.69 Å². The maximum Gasteiger partial charge on any atom is 0.285 e. The highest BCUT2D eigenvalue weighted by Crippen LogP contribution is 2.42. The highest BCUT2D eigenvalue weighted by Gasteiger charge is 2.23. The highest BCUT2D eigenvalue weighted by molar-refractivity contribution is 5.88. The summed E-state index contributed by atoms with van der Waals surface area (Å²) in [5.74, 6) is 0.417. The van der Waals surface area contributed by atoms with Gasteiger partial charge >= 0.3 is 0 Å². The zero-order valence-electron chi connectivity index (χ0n) is 13.0. The summed E-state index contributed by atoms with van der Waals surface area (Å²) in [6.07, 6.45) is 0. The maximum absolute atomic E-state index is 11.7. The van der Waals surface area contributed by atoms with E-state index in [1.807, 2.05) is 30.3 Å². The molecular weight excluding hydrogens is 306 g/mol. The Balaban J connectivity index is 2.24. The molecule has 0 bridgehead atoms. The minimum absolute atomic E-state index is 0.0378. The first-order chi connectivity index (χ1) is 11.6. The summed E-state index contributed by atoms with van der Waals surface area (Å²) in [5, 5.41) is 22.0. The lowest BCUT2D eigenvalue weighted by molar-refractivity contribution is -0.383. The summed E-state index contributed by atoms with van der Waals surface area (Å²) in [5.41, 5.74) is 1.97. The molecule has 3 rings (SSSR count). The van der Waals surface area contributed by atoms with Gasteiger partial charge in [-0.05, 0) is 29.8 Å². The lowest BCUT2D eigenvalue weighted by atomic mass is 9.95. The molecule has 3 aromatic carbocycles. The Morgan fingerprint density at radius 2 is 1.62 bits per heavy atom. The molecular formula is C19H15NO4. The normalized spacial score (nSPS) is 10.4. The SMILES string of the molecule is COc1ccc(-c2cccc(-c3ccccc3)c2[N+](=O)[O-])c(O)c1. The zero-order valence-corrected chi connectivity index (χ0v) is 13.0. The van der Waals surface area contributed by atoms with E-state index < -0.39 is 4.92 Å². The van der Waals surface area contributed by atoms with Crippen molar-refractivity contribution in [1.29, 1.82) is 0 Å². The lowest BCUT2D eigenvalue weighted by Crippen LogP contribution is -1.96. The van der Waals surface area contributed by atoms with Crippen molar-refractivity contribution in [1.82, 2.24) is 0 Å². The van der Waals surface area contributed by atoms with Crippen molar-refractivity contribution < 1.29 is 14.8 Å². The number of methoxy groups -OCH3 is 1. The molecule has 0 atom stereocenters. The Kier molecular flexibility index (Phi) is 4.16. The van der Waals surface area contributed by atoms with Crippen molar-refractivity contribution >= 4 is 5.69 Å². The van der Waals surface area contributed by atoms with E-state index in [2.05, 4.69) is 0 Å². The van der Waals surface area contributed by atoms with Crippen molar-refractivity contribution in [2.75, 3.05) is 7.11 Å². The molecule has 0 fully saturated rings. The number of nitro groups is 1. The number of ether oxygens (including phenoxy) is 1. The molecule has 3 aromatic rings. The number of hydrogen-bond donors (Lipinski definition) is 1. The largest absolute Gasteiger partial charge is 0.507 e. The maximum atomic E-state index is 11.7. The molecule has 0 amide bonds. The summed E-state index contributed by atoms with van der Waals surface area (Å²) < 4.78 is 5.06. The zero-order chi connectivity index (χ0) is 17.1. The molecule has 0 spiro atoms. The molecule has 120 valence electrons. The molecule has 0 aliphatic rings. The quantitative estimate of drug-likeness (QED) is 0.561. The van der Waals surface area contributed by atoms with Crippen molar-refractivity contribution in [2.45, 2.75) is 0 Å². The van der Waals surface area contributed by atoms with E-state index in [1.165, 1.54) is 13.2 Å². The third-order valence-corrected chi connectivity index (χ3v) is 3.80. The number of nitrogens with zero attached hydrogens (tertiary/aromatic N) is 1. The molecule has 24 heavy (non-hydrogen) atoms. The number of nitro benzene ring substituents is 1. The fraction of sp³-hybridized carbons (Fsp3) is 0.0526. The van der Waals surface area contributed by atoms with Gasteiger partial charge in [-0.1, -0.05) is 36.4 Å². The van der Waals surface area contributed by atoms with E-state index >= 15 is 0 Å². The third kappa shape index (κ3) is 2.79. The molecule has 5 heteroatoms. The van der Waals surface area contributed by atoms with Gasteiger partial charge in [-0.3, -0.25) is 10.1 Å². The van der Waals surface area contributed by atoms with Crippen molar-refractivity contribution in [3.8, 4) is 33.8 Å². The van der Waals surface area contributed by atoms with Crippen LogP contribution in [0.2, 0.25) is 0 Å². The molecule has 1 N–H and O–H groups in total. The van der Waals surface area contributed by atoms with Crippen LogP contribution in [0.4, 0.5) is 5.69 Å². The van der Waals surface area contributed by atoms with Gasteiger partial charge in [-0.15, -0.1) is 0 Å². The van der Waals surface area contributed by atoms with Gasteiger partial charge in [0.2, 0.25) is 0 Å². The summed E-state index contributed by atoms with van der Waals surface area (Å²) >= 11 is 0. The van der Waals surface area contributed by atoms with E-state index in [0.29, 0.717) is 22.4 Å². The number of aromatic hydroxyl groups is 1. The molecule has 0 saturated carbocycles. The van der Waals surface area contributed by atoms with E-state index in [-0.39, 0.29) is 11.4 Å². The number of para-hydroxylation sites is 1. The third-order valence-electron chi connectivity index (χ3n) is 3.80. The molecule has 0 unspecified atom stereocenters. The summed E-state index contributed by atoms with van der Waals surface area (Å²) in [6, 6.07) is 19.0. The minimum atomic E-state index is -0.415. The average molecular weight is 321 g/mol. The molecule has 0 radical (unpaired) electrons. The van der Waals surface area contributed by atoms with Gasteiger partial charge in [0.05, 0.1) is 23.2 Å². The predicted octanol–water partition coefficient (Wildman–Crippen LogP) is 4.64. The second kappa shape index (κ2) is 6.42. The molecule has 0 aliphatic carbocycles. The van der Waals surface area contributed by atoms with Crippen molar-refractivity contribution in [3.05, 3.63) is 76.8 Å². The van der Waals surface area contributed by atoms with E-state index in [0.717, 1.165) is 5.56 Å². The number of phenols is 1. The number of phenolic OH excluding ortho intramolecular Hbond substituents is 1. The topological polar surface area (TPSA) is 72.6 Å². The summed E-state index contributed by atoms with van der Waals surface area (Å²) in [6.45, 7) is 0. The van der Waals surface area contributed by atoms with Gasteiger partial charge in [0.1, 0.15) is 11.5 Å². The van der Waals surface area contributed by atoms with Gasteiger partial charge in [-0.2, -0.15) is 0 Å². The van der Waals surface area contributed by atoms with Crippen LogP contribution in [-0.4, -0.2) is 17.1 Å². The summed E-state index contributed by atoms with van der Waals surface area (Å²) in [4.78, 5) is 11.3. The number of benzene rings is 3. The number of hydrogen-bond acceptors (Lipinski definition) is 4. The first-order valence-electron chi connectivity index (χ1n) is 7.32. The first-order valence-corrected chi connectivity index (χ1v) is 7.32. The van der Waals surface area contributed by atoms with Crippen LogP contribution in [0.3, 0.4) is 0 Å². The van der Waals surface area contributed by atoms with Crippen molar-refractivity contribution in [3.63, 3.8) is 0 Å². The van der Waals surface area contributed by atoms with E-state index in [4.69, 9.17) is 4.74 Å². The van der Waals surface area contributed by atoms with E-state index in [1.54, 1.807) is 30.3 Å². The van der Waals surface area contributed by atoms with Gasteiger partial charge in [0, 0.05) is 11.6 Å². The molecule has 0 heterocycles. The molecule has 0 aromatic heterocycles. The first kappa shape index (κ1) is 15.6. The Morgan fingerprint density at radius 3 is 2.25 bits per heavy atom. The Hall–Kier alpha value is -3.34. The lowest BCUT2D eigenvalue weighted by Gasteiger charge is -2.11. The second-order valence-corrected chi connectivity index (χ2v) is 5.21. The monoisotopic (exact) mass is 321 g/mol.